The summed E-state index contributed by atoms with van der Waals surface area (Å²) in [5.74, 6) is -1.02. The van der Waals surface area contributed by atoms with E-state index in [1.165, 1.54) is 17.8 Å². The van der Waals surface area contributed by atoms with E-state index in [0.717, 1.165) is 11.3 Å². The van der Waals surface area contributed by atoms with Gasteiger partial charge in [0.25, 0.3) is 0 Å². The Bertz CT molecular complexity index is 567. The Hall–Kier alpha value is -2.36. The number of aryl methyl sites for hydroxylation is 1. The van der Waals surface area contributed by atoms with E-state index >= 15 is 0 Å². The van der Waals surface area contributed by atoms with Crippen molar-refractivity contribution >= 4 is 11.7 Å². The van der Waals surface area contributed by atoms with Gasteiger partial charge in [0.15, 0.2) is 0 Å². The molecule has 0 bridgehead atoms. The summed E-state index contributed by atoms with van der Waals surface area (Å²) in [6, 6.07) is 11.4. The summed E-state index contributed by atoms with van der Waals surface area (Å²) in [4.78, 5) is 14.6. The van der Waals surface area contributed by atoms with E-state index in [1.807, 2.05) is 25.1 Å². The highest BCUT2D eigenvalue weighted by atomic mass is 16.4. The predicted molar refractivity (Wildman–Crippen MR) is 69.7 cm³/mol. The second kappa shape index (κ2) is 5.31. The third kappa shape index (κ3) is 3.07. The number of nitrogens with one attached hydrogen (secondary N) is 1. The first-order chi connectivity index (χ1) is 8.65. The van der Waals surface area contributed by atoms with Gasteiger partial charge in [0.1, 0.15) is 5.69 Å². The molecule has 0 spiro atoms. The number of pyridine rings is 1. The lowest BCUT2D eigenvalue weighted by atomic mass is 10.1. The molecule has 0 aliphatic carbocycles. The van der Waals surface area contributed by atoms with Gasteiger partial charge in [0.2, 0.25) is 0 Å². The number of aromatic nitrogens is 1. The molecule has 0 aliphatic rings. The van der Waals surface area contributed by atoms with Crippen LogP contribution in [0.4, 0.5) is 5.69 Å². The van der Waals surface area contributed by atoms with Crippen LogP contribution >= 0.6 is 0 Å². The number of hydrogen-bond donors (Lipinski definition) is 2. The van der Waals surface area contributed by atoms with Crippen LogP contribution in [0.5, 0.6) is 0 Å². The van der Waals surface area contributed by atoms with Crippen molar-refractivity contribution in [2.45, 2.75) is 13.5 Å². The molecule has 1 heterocycles. The molecule has 0 fully saturated rings. The summed E-state index contributed by atoms with van der Waals surface area (Å²) in [6.07, 6.45) is 1.49. The Morgan fingerprint density at radius 3 is 2.89 bits per heavy atom. The third-order valence-corrected chi connectivity index (χ3v) is 2.56. The van der Waals surface area contributed by atoms with Crippen molar-refractivity contribution < 1.29 is 9.90 Å². The predicted octanol–water partition coefficient (Wildman–Crippen LogP) is 2.70. The topological polar surface area (TPSA) is 62.2 Å². The summed E-state index contributed by atoms with van der Waals surface area (Å²) in [5.41, 5.74) is 3.16. The van der Waals surface area contributed by atoms with Crippen LogP contribution in [0, 0.1) is 6.92 Å². The van der Waals surface area contributed by atoms with Gasteiger partial charge in [0.05, 0.1) is 0 Å². The number of nitrogens with zero attached hydrogens (tertiary/aromatic N) is 1. The number of carbonyl (C=O) groups is 1. The van der Waals surface area contributed by atoms with Gasteiger partial charge in [-0.05, 0) is 24.6 Å². The van der Waals surface area contributed by atoms with Crippen LogP contribution in [0.25, 0.3) is 0 Å². The first-order valence-electron chi connectivity index (χ1n) is 5.64. The minimum atomic E-state index is -1.02. The van der Waals surface area contributed by atoms with Crippen LogP contribution < -0.4 is 5.32 Å². The Morgan fingerprint density at radius 1 is 1.33 bits per heavy atom. The second-order valence-electron chi connectivity index (χ2n) is 4.08. The molecule has 4 heteroatoms. The first-order valence-corrected chi connectivity index (χ1v) is 5.64. The lowest BCUT2D eigenvalue weighted by Gasteiger charge is -2.07. The van der Waals surface area contributed by atoms with E-state index < -0.39 is 5.97 Å². The fraction of sp³-hybridized carbons (Fsp3) is 0.143. The molecule has 0 amide bonds. The maximum Gasteiger partial charge on any atom is 0.354 e. The van der Waals surface area contributed by atoms with Crippen LogP contribution in [-0.2, 0) is 6.54 Å². The summed E-state index contributed by atoms with van der Waals surface area (Å²) in [7, 11) is 0. The quantitative estimate of drug-likeness (QED) is 0.865. The molecule has 92 valence electrons. The number of carboxylic acids is 1. The molecule has 0 aliphatic heterocycles. The highest BCUT2D eigenvalue weighted by molar-refractivity contribution is 5.86. The molecule has 0 atom stereocenters. The van der Waals surface area contributed by atoms with E-state index in [4.69, 9.17) is 5.11 Å². The number of anilines is 1. The zero-order valence-corrected chi connectivity index (χ0v) is 10.1. The normalized spacial score (nSPS) is 10.1. The van der Waals surface area contributed by atoms with Crippen LogP contribution in [-0.4, -0.2) is 16.1 Å². The average Bonchev–Trinajstić information content (AvgIpc) is 2.37. The Balaban J connectivity index is 2.06. The molecule has 0 saturated carbocycles. The van der Waals surface area contributed by atoms with E-state index in [-0.39, 0.29) is 5.69 Å². The highest BCUT2D eigenvalue weighted by Crippen LogP contribution is 2.11. The summed E-state index contributed by atoms with van der Waals surface area (Å²) >= 11 is 0. The van der Waals surface area contributed by atoms with Gasteiger partial charge >= 0.3 is 5.97 Å². The average molecular weight is 242 g/mol. The standard InChI is InChI=1S/C14H14N2O2/c1-10-3-2-4-11(7-10)9-16-12-5-6-15-13(8-12)14(17)18/h2-8H,9H2,1H3,(H,15,16)(H,17,18). The zero-order chi connectivity index (χ0) is 13.0. The van der Waals surface area contributed by atoms with E-state index in [1.54, 1.807) is 6.07 Å². The van der Waals surface area contributed by atoms with E-state index in [0.29, 0.717) is 6.54 Å². The molecular weight excluding hydrogens is 228 g/mol. The minimum absolute atomic E-state index is 0.0456. The van der Waals surface area contributed by atoms with Crippen LogP contribution in [0.1, 0.15) is 21.6 Å². The second-order valence-corrected chi connectivity index (χ2v) is 4.08. The monoisotopic (exact) mass is 242 g/mol. The molecule has 18 heavy (non-hydrogen) atoms. The van der Waals surface area contributed by atoms with Crippen molar-refractivity contribution in [3.63, 3.8) is 0 Å². The number of rotatable bonds is 4. The van der Waals surface area contributed by atoms with Crippen LogP contribution in [0.15, 0.2) is 42.6 Å². The van der Waals surface area contributed by atoms with Crippen molar-refractivity contribution in [3.05, 3.63) is 59.4 Å². The molecule has 1 aromatic heterocycles. The number of carboxylic acid groups (broad SMARTS) is 1. The van der Waals surface area contributed by atoms with Gasteiger partial charge in [-0.15, -0.1) is 0 Å². The summed E-state index contributed by atoms with van der Waals surface area (Å²) in [5, 5.41) is 12.0. The van der Waals surface area contributed by atoms with Crippen LogP contribution in [0.2, 0.25) is 0 Å². The molecule has 0 unspecified atom stereocenters. The van der Waals surface area contributed by atoms with Gasteiger partial charge in [-0.1, -0.05) is 29.8 Å². The van der Waals surface area contributed by atoms with E-state index in [2.05, 4.69) is 16.4 Å². The first kappa shape index (κ1) is 12.1. The Kier molecular flexibility index (Phi) is 3.57. The summed E-state index contributed by atoms with van der Waals surface area (Å²) < 4.78 is 0. The molecule has 2 aromatic rings. The molecular formula is C14H14N2O2. The molecule has 2 rings (SSSR count). The maximum absolute atomic E-state index is 10.8. The minimum Gasteiger partial charge on any atom is -0.477 e. The zero-order valence-electron chi connectivity index (χ0n) is 10.1. The fourth-order valence-electron chi connectivity index (χ4n) is 1.68. The SMILES string of the molecule is Cc1cccc(CNc2ccnc(C(=O)O)c2)c1. The molecule has 0 radical (unpaired) electrons. The lowest BCUT2D eigenvalue weighted by Crippen LogP contribution is -2.03. The van der Waals surface area contributed by atoms with Gasteiger partial charge in [-0.25, -0.2) is 9.78 Å². The Morgan fingerprint density at radius 2 is 2.17 bits per heavy atom. The maximum atomic E-state index is 10.8. The lowest BCUT2D eigenvalue weighted by molar-refractivity contribution is 0.0690. The van der Waals surface area contributed by atoms with Gasteiger partial charge in [-0.2, -0.15) is 0 Å². The number of hydrogen-bond acceptors (Lipinski definition) is 3. The van der Waals surface area contributed by atoms with Crippen molar-refractivity contribution in [1.82, 2.24) is 4.98 Å². The van der Waals surface area contributed by atoms with Gasteiger partial charge in [-0.3, -0.25) is 0 Å². The molecule has 1 aromatic carbocycles. The number of aromatic carboxylic acids is 1. The molecule has 0 saturated heterocycles. The number of benzene rings is 1. The van der Waals surface area contributed by atoms with Crippen molar-refractivity contribution in [3.8, 4) is 0 Å². The molecule has 2 N–H and O–H groups in total. The van der Waals surface area contributed by atoms with Crippen molar-refractivity contribution in [1.29, 1.82) is 0 Å². The van der Waals surface area contributed by atoms with Crippen LogP contribution in [0.3, 0.4) is 0 Å². The van der Waals surface area contributed by atoms with Crippen molar-refractivity contribution in [2.75, 3.05) is 5.32 Å². The Labute approximate surface area is 105 Å². The largest absolute Gasteiger partial charge is 0.477 e. The van der Waals surface area contributed by atoms with E-state index in [9.17, 15) is 4.79 Å². The third-order valence-electron chi connectivity index (χ3n) is 2.56. The smallest absolute Gasteiger partial charge is 0.354 e. The fourth-order valence-corrected chi connectivity index (χ4v) is 1.68. The van der Waals surface area contributed by atoms with Gasteiger partial charge in [0, 0.05) is 18.4 Å². The highest BCUT2D eigenvalue weighted by Gasteiger charge is 2.04. The van der Waals surface area contributed by atoms with Gasteiger partial charge < -0.3 is 10.4 Å². The summed E-state index contributed by atoms with van der Waals surface area (Å²) in [6.45, 7) is 2.70. The molecule has 4 nitrogen and oxygen atoms in total. The van der Waals surface area contributed by atoms with Crippen molar-refractivity contribution in [2.24, 2.45) is 0 Å².